The van der Waals surface area contributed by atoms with E-state index in [4.69, 9.17) is 15.7 Å². The SMILES string of the molecule is Cc1ccc(N(CCC#N)C(=O)COC(=O)c2cccc(C)c2N)cc1. The smallest absolute Gasteiger partial charge is 0.340 e. The number of nitrogens with zero attached hydrogens (tertiary/aromatic N) is 2. The molecule has 6 heteroatoms. The molecule has 2 aromatic rings. The zero-order chi connectivity index (χ0) is 19.1. The van der Waals surface area contributed by atoms with Crippen molar-refractivity contribution in [3.05, 3.63) is 59.2 Å². The second-order valence-corrected chi connectivity index (χ2v) is 5.90. The number of carbonyl (C=O) groups is 2. The van der Waals surface area contributed by atoms with Crippen molar-refractivity contribution < 1.29 is 14.3 Å². The van der Waals surface area contributed by atoms with Crippen molar-refractivity contribution in [1.82, 2.24) is 0 Å². The molecule has 134 valence electrons. The van der Waals surface area contributed by atoms with Crippen LogP contribution in [-0.4, -0.2) is 25.0 Å². The van der Waals surface area contributed by atoms with Gasteiger partial charge < -0.3 is 15.4 Å². The number of anilines is 2. The number of ether oxygens (including phenoxy) is 1. The van der Waals surface area contributed by atoms with E-state index in [1.807, 2.05) is 25.1 Å². The van der Waals surface area contributed by atoms with E-state index < -0.39 is 18.5 Å². The standard InChI is InChI=1S/C20H21N3O3/c1-14-7-9-16(10-8-14)23(12-4-11-21)18(24)13-26-20(25)17-6-3-5-15(2)19(17)22/h3,5-10H,4,12-13,22H2,1-2H3. The highest BCUT2D eigenvalue weighted by molar-refractivity contribution is 5.99. The minimum atomic E-state index is -0.649. The molecule has 6 nitrogen and oxygen atoms in total. The van der Waals surface area contributed by atoms with E-state index in [-0.39, 0.29) is 18.5 Å². The van der Waals surface area contributed by atoms with Gasteiger partial charge in [-0.1, -0.05) is 29.8 Å². The Bertz CT molecular complexity index is 838. The third-order valence-electron chi connectivity index (χ3n) is 3.96. The predicted molar refractivity (Wildman–Crippen MR) is 99.6 cm³/mol. The Morgan fingerprint density at radius 2 is 1.85 bits per heavy atom. The second kappa shape index (κ2) is 8.67. The van der Waals surface area contributed by atoms with Gasteiger partial charge in [-0.05, 0) is 37.6 Å². The van der Waals surface area contributed by atoms with Crippen LogP contribution in [0.1, 0.15) is 27.9 Å². The van der Waals surface area contributed by atoms with Gasteiger partial charge in [0.1, 0.15) is 0 Å². The van der Waals surface area contributed by atoms with Crippen molar-refractivity contribution >= 4 is 23.3 Å². The minimum Gasteiger partial charge on any atom is -0.452 e. The van der Waals surface area contributed by atoms with E-state index in [0.717, 1.165) is 11.1 Å². The van der Waals surface area contributed by atoms with Gasteiger partial charge in [-0.2, -0.15) is 5.26 Å². The lowest BCUT2D eigenvalue weighted by atomic mass is 10.1. The summed E-state index contributed by atoms with van der Waals surface area (Å²) in [6, 6.07) is 14.4. The third kappa shape index (κ3) is 4.61. The van der Waals surface area contributed by atoms with Crippen LogP contribution in [-0.2, 0) is 9.53 Å². The molecule has 0 aliphatic carbocycles. The zero-order valence-corrected chi connectivity index (χ0v) is 14.9. The number of nitriles is 1. The van der Waals surface area contributed by atoms with Crippen LogP contribution in [0.5, 0.6) is 0 Å². The minimum absolute atomic E-state index is 0.179. The number of rotatable bonds is 6. The molecule has 0 aliphatic rings. The summed E-state index contributed by atoms with van der Waals surface area (Å²) in [5.41, 5.74) is 8.94. The van der Waals surface area contributed by atoms with Crippen molar-refractivity contribution in [1.29, 1.82) is 5.26 Å². The zero-order valence-electron chi connectivity index (χ0n) is 14.9. The largest absolute Gasteiger partial charge is 0.452 e. The van der Waals surface area contributed by atoms with E-state index in [9.17, 15) is 9.59 Å². The fourth-order valence-corrected chi connectivity index (χ4v) is 2.43. The second-order valence-electron chi connectivity index (χ2n) is 5.90. The van der Waals surface area contributed by atoms with Crippen LogP contribution in [0.3, 0.4) is 0 Å². The lowest BCUT2D eigenvalue weighted by molar-refractivity contribution is -0.121. The van der Waals surface area contributed by atoms with Gasteiger partial charge in [-0.3, -0.25) is 4.79 Å². The molecule has 2 rings (SSSR count). The van der Waals surface area contributed by atoms with Crippen LogP contribution in [0, 0.1) is 25.2 Å². The summed E-state index contributed by atoms with van der Waals surface area (Å²) >= 11 is 0. The first-order valence-electron chi connectivity index (χ1n) is 8.20. The van der Waals surface area contributed by atoms with Crippen LogP contribution in [0.15, 0.2) is 42.5 Å². The fourth-order valence-electron chi connectivity index (χ4n) is 2.43. The molecular formula is C20H21N3O3. The molecule has 1 amide bonds. The summed E-state index contributed by atoms with van der Waals surface area (Å²) < 4.78 is 5.14. The average molecular weight is 351 g/mol. The first-order chi connectivity index (χ1) is 12.4. The van der Waals surface area contributed by atoms with Gasteiger partial charge >= 0.3 is 5.97 Å². The first kappa shape index (κ1) is 19.0. The van der Waals surface area contributed by atoms with E-state index in [1.165, 1.54) is 4.90 Å². The highest BCUT2D eigenvalue weighted by Gasteiger charge is 2.19. The molecule has 0 aliphatic heterocycles. The van der Waals surface area contributed by atoms with Crippen molar-refractivity contribution in [2.24, 2.45) is 0 Å². The third-order valence-corrected chi connectivity index (χ3v) is 3.96. The number of carbonyl (C=O) groups excluding carboxylic acids is 2. The Hall–Kier alpha value is -3.33. The van der Waals surface area contributed by atoms with Crippen molar-refractivity contribution in [2.45, 2.75) is 20.3 Å². The summed E-state index contributed by atoms with van der Waals surface area (Å²) in [7, 11) is 0. The summed E-state index contributed by atoms with van der Waals surface area (Å²) in [5.74, 6) is -1.05. The molecule has 0 bridgehead atoms. The monoisotopic (exact) mass is 351 g/mol. The summed E-state index contributed by atoms with van der Waals surface area (Å²) in [6.07, 6.45) is 0.179. The predicted octanol–water partition coefficient (Wildman–Crippen LogP) is 2.99. The van der Waals surface area contributed by atoms with E-state index in [1.54, 1.807) is 37.3 Å². The van der Waals surface area contributed by atoms with Gasteiger partial charge in [0.2, 0.25) is 0 Å². The Morgan fingerprint density at radius 1 is 1.15 bits per heavy atom. The highest BCUT2D eigenvalue weighted by atomic mass is 16.5. The maximum atomic E-state index is 12.5. The molecule has 0 atom stereocenters. The maximum absolute atomic E-state index is 12.5. The lowest BCUT2D eigenvalue weighted by Crippen LogP contribution is -2.35. The number of esters is 1. The molecule has 2 N–H and O–H groups in total. The van der Waals surface area contributed by atoms with Crippen LogP contribution in [0.25, 0.3) is 0 Å². The fraction of sp³-hybridized carbons (Fsp3) is 0.250. The number of hydrogen-bond donors (Lipinski definition) is 1. The maximum Gasteiger partial charge on any atom is 0.340 e. The molecule has 0 radical (unpaired) electrons. The molecule has 26 heavy (non-hydrogen) atoms. The van der Waals surface area contributed by atoms with Crippen LogP contribution in [0.4, 0.5) is 11.4 Å². The number of aryl methyl sites for hydroxylation is 2. The number of nitrogens with two attached hydrogens (primary N) is 1. The Labute approximate surface area is 152 Å². The van der Waals surface area contributed by atoms with Gasteiger partial charge in [-0.15, -0.1) is 0 Å². The average Bonchev–Trinajstić information content (AvgIpc) is 2.63. The molecule has 0 spiro atoms. The van der Waals surface area contributed by atoms with Crippen LogP contribution >= 0.6 is 0 Å². The van der Waals surface area contributed by atoms with E-state index >= 15 is 0 Å². The molecule has 0 unspecified atom stereocenters. The topological polar surface area (TPSA) is 96.4 Å². The number of nitrogen functional groups attached to an aromatic ring is 1. The Kier molecular flexibility index (Phi) is 6.34. The lowest BCUT2D eigenvalue weighted by Gasteiger charge is -2.22. The van der Waals surface area contributed by atoms with Crippen molar-refractivity contribution in [2.75, 3.05) is 23.8 Å². The van der Waals surface area contributed by atoms with Crippen LogP contribution < -0.4 is 10.6 Å². The highest BCUT2D eigenvalue weighted by Crippen LogP contribution is 2.18. The summed E-state index contributed by atoms with van der Waals surface area (Å²) in [5, 5.41) is 8.82. The molecule has 0 heterocycles. The van der Waals surface area contributed by atoms with Gasteiger partial charge in [-0.25, -0.2) is 4.79 Å². The number of benzene rings is 2. The number of para-hydroxylation sites is 1. The first-order valence-corrected chi connectivity index (χ1v) is 8.20. The van der Waals surface area contributed by atoms with E-state index in [2.05, 4.69) is 0 Å². The molecule has 0 saturated heterocycles. The quantitative estimate of drug-likeness (QED) is 0.637. The normalized spacial score (nSPS) is 10.0. The van der Waals surface area contributed by atoms with Crippen molar-refractivity contribution in [3.8, 4) is 6.07 Å². The summed E-state index contributed by atoms with van der Waals surface area (Å²) in [6.45, 7) is 3.53. The summed E-state index contributed by atoms with van der Waals surface area (Å²) in [4.78, 5) is 26.2. The molecule has 0 aromatic heterocycles. The van der Waals surface area contributed by atoms with Gasteiger partial charge in [0.25, 0.3) is 5.91 Å². The number of amides is 1. The van der Waals surface area contributed by atoms with Gasteiger partial charge in [0.15, 0.2) is 6.61 Å². The van der Waals surface area contributed by atoms with E-state index in [0.29, 0.717) is 11.4 Å². The van der Waals surface area contributed by atoms with Crippen molar-refractivity contribution in [3.63, 3.8) is 0 Å². The van der Waals surface area contributed by atoms with Crippen LogP contribution in [0.2, 0.25) is 0 Å². The Morgan fingerprint density at radius 3 is 2.50 bits per heavy atom. The molecular weight excluding hydrogens is 330 g/mol. The van der Waals surface area contributed by atoms with Gasteiger partial charge in [0.05, 0.1) is 18.1 Å². The molecule has 2 aromatic carbocycles. The molecule has 0 saturated carbocycles. The van der Waals surface area contributed by atoms with Gasteiger partial charge in [0, 0.05) is 17.9 Å². The molecule has 0 fully saturated rings. The Balaban J connectivity index is 2.09. The number of hydrogen-bond acceptors (Lipinski definition) is 5.